The predicted molar refractivity (Wildman–Crippen MR) is 81.2 cm³/mol. The molecule has 0 saturated heterocycles. The third kappa shape index (κ3) is 4.44. The number of rotatable bonds is 5. The van der Waals surface area contributed by atoms with E-state index in [2.05, 4.69) is 21.2 Å². The number of carbonyl (C=O) groups is 1. The van der Waals surface area contributed by atoms with Crippen molar-refractivity contribution in [3.63, 3.8) is 0 Å². The van der Waals surface area contributed by atoms with Crippen LogP contribution in [-0.4, -0.2) is 18.0 Å². The monoisotopic (exact) mass is 352 g/mol. The van der Waals surface area contributed by atoms with Gasteiger partial charge in [-0.25, -0.2) is 4.39 Å². The normalized spacial score (nSPS) is 10.8. The summed E-state index contributed by atoms with van der Waals surface area (Å²) in [6, 6.07) is 4.37. The molecule has 1 aromatic carbocycles. The number of nitrogens with two attached hydrogens (primary N) is 1. The second-order valence-electron chi connectivity index (χ2n) is 4.27. The fraction of sp³-hybridized carbons (Fsp3) is 0.462. The molecule has 3 nitrogen and oxygen atoms in total. The molecular formula is C13H19BrClFN2O. The molecule has 0 aromatic heterocycles. The summed E-state index contributed by atoms with van der Waals surface area (Å²) in [7, 11) is 0. The van der Waals surface area contributed by atoms with Gasteiger partial charge < -0.3 is 11.1 Å². The molecule has 0 aliphatic rings. The average Bonchev–Trinajstić information content (AvgIpc) is 2.36. The number of amides is 1. The fourth-order valence-electron chi connectivity index (χ4n) is 1.75. The Morgan fingerprint density at radius 3 is 2.42 bits per heavy atom. The van der Waals surface area contributed by atoms with E-state index in [1.807, 2.05) is 13.8 Å². The van der Waals surface area contributed by atoms with E-state index in [4.69, 9.17) is 5.73 Å². The van der Waals surface area contributed by atoms with Crippen LogP contribution in [0.1, 0.15) is 37.0 Å². The van der Waals surface area contributed by atoms with Gasteiger partial charge in [0.15, 0.2) is 0 Å². The highest BCUT2D eigenvalue weighted by molar-refractivity contribution is 9.10. The molecule has 6 heteroatoms. The van der Waals surface area contributed by atoms with Crippen molar-refractivity contribution in [2.45, 2.75) is 32.2 Å². The zero-order valence-corrected chi connectivity index (χ0v) is 13.4. The van der Waals surface area contributed by atoms with Crippen LogP contribution < -0.4 is 11.1 Å². The van der Waals surface area contributed by atoms with Crippen molar-refractivity contribution < 1.29 is 9.18 Å². The number of benzene rings is 1. The molecule has 0 fully saturated rings. The zero-order chi connectivity index (χ0) is 13.8. The molecule has 0 aliphatic carbocycles. The predicted octanol–water partition coefficient (Wildman–Crippen LogP) is 3.26. The smallest absolute Gasteiger partial charge is 0.254 e. The molecule has 0 radical (unpaired) electrons. The summed E-state index contributed by atoms with van der Waals surface area (Å²) in [5.74, 6) is -0.964. The highest BCUT2D eigenvalue weighted by Crippen LogP contribution is 2.18. The molecule has 1 amide bonds. The Morgan fingerprint density at radius 2 is 2.00 bits per heavy atom. The van der Waals surface area contributed by atoms with Gasteiger partial charge in [-0.3, -0.25) is 4.79 Å². The molecule has 108 valence electrons. The van der Waals surface area contributed by atoms with Crippen LogP contribution in [0.25, 0.3) is 0 Å². The number of carbonyl (C=O) groups excluding carboxylic acids is 1. The first-order chi connectivity index (χ1) is 8.48. The van der Waals surface area contributed by atoms with Gasteiger partial charge in [0, 0.05) is 11.0 Å². The van der Waals surface area contributed by atoms with E-state index in [0.717, 1.165) is 0 Å². The van der Waals surface area contributed by atoms with E-state index < -0.39 is 17.3 Å². The van der Waals surface area contributed by atoms with E-state index in [-0.39, 0.29) is 18.0 Å². The van der Waals surface area contributed by atoms with Gasteiger partial charge >= 0.3 is 0 Å². The van der Waals surface area contributed by atoms with Gasteiger partial charge in [0.25, 0.3) is 5.91 Å². The van der Waals surface area contributed by atoms with Gasteiger partial charge in [-0.15, -0.1) is 12.4 Å². The standard InChI is InChI=1S/C13H18BrFN2O.ClH/c1-3-13(4-2,8-16)17-12(18)10-6-5-9(14)7-11(10)15;/h5-7H,3-4,8,16H2,1-2H3,(H,17,18);1H. The van der Waals surface area contributed by atoms with E-state index in [1.165, 1.54) is 12.1 Å². The number of hydrogen-bond acceptors (Lipinski definition) is 2. The molecule has 1 aromatic rings. The van der Waals surface area contributed by atoms with Gasteiger partial charge in [-0.2, -0.15) is 0 Å². The topological polar surface area (TPSA) is 55.1 Å². The SMILES string of the molecule is CCC(CC)(CN)NC(=O)c1ccc(Br)cc1F.Cl. The number of halogens is 3. The summed E-state index contributed by atoms with van der Waals surface area (Å²) in [5.41, 5.74) is 5.28. The number of nitrogens with one attached hydrogen (secondary N) is 1. The average molecular weight is 354 g/mol. The Labute approximate surface area is 127 Å². The van der Waals surface area contributed by atoms with Crippen LogP contribution in [0.2, 0.25) is 0 Å². The van der Waals surface area contributed by atoms with E-state index in [9.17, 15) is 9.18 Å². The summed E-state index contributed by atoms with van der Waals surface area (Å²) < 4.78 is 14.3. The molecule has 0 bridgehead atoms. The Hall–Kier alpha value is -0.650. The van der Waals surface area contributed by atoms with Crippen LogP contribution in [-0.2, 0) is 0 Å². The van der Waals surface area contributed by atoms with Gasteiger partial charge in [0.2, 0.25) is 0 Å². The first-order valence-corrected chi connectivity index (χ1v) is 6.75. The lowest BCUT2D eigenvalue weighted by atomic mass is 9.92. The van der Waals surface area contributed by atoms with Crippen molar-refractivity contribution in [2.24, 2.45) is 5.73 Å². The Bertz CT molecular complexity index is 430. The summed E-state index contributed by atoms with van der Waals surface area (Å²) in [4.78, 5) is 12.0. The quantitative estimate of drug-likeness (QED) is 0.853. The maximum Gasteiger partial charge on any atom is 0.254 e. The molecule has 0 aliphatic heterocycles. The molecule has 0 saturated carbocycles. The van der Waals surface area contributed by atoms with Crippen LogP contribution in [0.15, 0.2) is 22.7 Å². The third-order valence-corrected chi connectivity index (χ3v) is 3.79. The first kappa shape index (κ1) is 18.4. The summed E-state index contributed by atoms with van der Waals surface area (Å²) in [5, 5.41) is 2.84. The Balaban J connectivity index is 0.00000324. The van der Waals surface area contributed by atoms with Crippen LogP contribution in [0.5, 0.6) is 0 Å². The van der Waals surface area contributed by atoms with Crippen molar-refractivity contribution in [1.29, 1.82) is 0 Å². The minimum absolute atomic E-state index is 0. The van der Waals surface area contributed by atoms with Crippen LogP contribution in [0.3, 0.4) is 0 Å². The minimum Gasteiger partial charge on any atom is -0.345 e. The molecule has 1 rings (SSSR count). The van der Waals surface area contributed by atoms with Crippen molar-refractivity contribution in [1.82, 2.24) is 5.32 Å². The van der Waals surface area contributed by atoms with Crippen molar-refractivity contribution in [2.75, 3.05) is 6.54 Å². The Kier molecular flexibility index (Phi) is 7.55. The van der Waals surface area contributed by atoms with E-state index in [0.29, 0.717) is 23.9 Å². The lowest BCUT2D eigenvalue weighted by molar-refractivity contribution is 0.0891. The van der Waals surface area contributed by atoms with Crippen molar-refractivity contribution in [3.8, 4) is 0 Å². The second-order valence-corrected chi connectivity index (χ2v) is 5.19. The number of hydrogen-bond donors (Lipinski definition) is 2. The van der Waals surface area contributed by atoms with Gasteiger partial charge in [0.05, 0.1) is 11.1 Å². The fourth-order valence-corrected chi connectivity index (χ4v) is 2.08. The maximum atomic E-state index is 13.7. The van der Waals surface area contributed by atoms with E-state index in [1.54, 1.807) is 6.07 Å². The van der Waals surface area contributed by atoms with Gasteiger partial charge in [0.1, 0.15) is 5.82 Å². The second kappa shape index (κ2) is 7.82. The van der Waals surface area contributed by atoms with Gasteiger partial charge in [-0.05, 0) is 31.0 Å². The largest absolute Gasteiger partial charge is 0.345 e. The maximum absolute atomic E-state index is 13.7. The van der Waals surface area contributed by atoms with Gasteiger partial charge in [-0.1, -0.05) is 29.8 Å². The van der Waals surface area contributed by atoms with E-state index >= 15 is 0 Å². The Morgan fingerprint density at radius 1 is 1.42 bits per heavy atom. The zero-order valence-electron chi connectivity index (χ0n) is 11.0. The molecule has 3 N–H and O–H groups in total. The summed E-state index contributed by atoms with van der Waals surface area (Å²) >= 11 is 3.16. The molecular weight excluding hydrogens is 335 g/mol. The lowest BCUT2D eigenvalue weighted by Crippen LogP contribution is -2.53. The lowest BCUT2D eigenvalue weighted by Gasteiger charge is -2.31. The minimum atomic E-state index is -0.542. The first-order valence-electron chi connectivity index (χ1n) is 5.95. The van der Waals surface area contributed by atoms with Crippen molar-refractivity contribution >= 4 is 34.2 Å². The molecule has 0 heterocycles. The molecule has 0 spiro atoms. The molecule has 19 heavy (non-hydrogen) atoms. The summed E-state index contributed by atoms with van der Waals surface area (Å²) in [6.07, 6.45) is 1.42. The van der Waals surface area contributed by atoms with Crippen LogP contribution in [0, 0.1) is 5.82 Å². The van der Waals surface area contributed by atoms with Crippen molar-refractivity contribution in [3.05, 3.63) is 34.1 Å². The van der Waals surface area contributed by atoms with Crippen LogP contribution >= 0.6 is 28.3 Å². The van der Waals surface area contributed by atoms with Crippen LogP contribution in [0.4, 0.5) is 4.39 Å². The molecule has 0 unspecified atom stereocenters. The third-order valence-electron chi connectivity index (χ3n) is 3.30. The summed E-state index contributed by atoms with van der Waals surface area (Å²) in [6.45, 7) is 4.24. The highest BCUT2D eigenvalue weighted by atomic mass is 79.9. The highest BCUT2D eigenvalue weighted by Gasteiger charge is 2.27. The molecule has 0 atom stereocenters.